The Morgan fingerprint density at radius 3 is 2.85 bits per heavy atom. The highest BCUT2D eigenvalue weighted by molar-refractivity contribution is 5.62. The molecule has 1 aromatic heterocycles. The molecule has 20 heavy (non-hydrogen) atoms. The maximum Gasteiger partial charge on any atom is 0.247 e. The Kier molecular flexibility index (Phi) is 2.76. The molecule has 2 aromatic rings. The Morgan fingerprint density at radius 1 is 1.25 bits per heavy atom. The molecule has 0 aliphatic heterocycles. The van der Waals surface area contributed by atoms with E-state index in [1.54, 1.807) is 0 Å². The van der Waals surface area contributed by atoms with Gasteiger partial charge in [-0.3, -0.25) is 0 Å². The molecule has 4 heteroatoms. The van der Waals surface area contributed by atoms with Gasteiger partial charge in [0.25, 0.3) is 0 Å². The fraction of sp³-hybridized carbons (Fsp3) is 0.500. The number of anilines is 1. The molecule has 4 nitrogen and oxygen atoms in total. The van der Waals surface area contributed by atoms with E-state index in [1.165, 1.54) is 43.3 Å². The van der Waals surface area contributed by atoms with E-state index in [-0.39, 0.29) is 0 Å². The molecule has 1 aromatic carbocycles. The topological polar surface area (TPSA) is 51.0 Å². The highest BCUT2D eigenvalue weighted by Gasteiger charge is 2.39. The molecule has 4 rings (SSSR count). The van der Waals surface area contributed by atoms with E-state index >= 15 is 0 Å². The summed E-state index contributed by atoms with van der Waals surface area (Å²) in [7, 11) is 0. The first-order valence-corrected chi connectivity index (χ1v) is 7.43. The molecule has 2 fully saturated rings. The van der Waals surface area contributed by atoms with Crippen LogP contribution in [0.2, 0.25) is 0 Å². The van der Waals surface area contributed by atoms with Crippen molar-refractivity contribution in [1.82, 2.24) is 10.2 Å². The molecule has 2 aliphatic carbocycles. The van der Waals surface area contributed by atoms with Gasteiger partial charge in [-0.15, -0.1) is 10.2 Å². The van der Waals surface area contributed by atoms with Crippen molar-refractivity contribution in [2.45, 2.75) is 38.6 Å². The zero-order valence-electron chi connectivity index (χ0n) is 11.7. The van der Waals surface area contributed by atoms with Crippen LogP contribution in [0.1, 0.15) is 31.2 Å². The molecule has 0 spiro atoms. The molecule has 2 saturated carbocycles. The quantitative estimate of drug-likeness (QED) is 0.924. The summed E-state index contributed by atoms with van der Waals surface area (Å²) in [6.07, 6.45) is 6.98. The molecular weight excluding hydrogens is 250 g/mol. The van der Waals surface area contributed by atoms with Crippen LogP contribution in [0.15, 0.2) is 29.0 Å². The van der Waals surface area contributed by atoms with Gasteiger partial charge in [0.05, 0.1) is 0 Å². The highest BCUT2D eigenvalue weighted by atomic mass is 16.4. The van der Waals surface area contributed by atoms with E-state index in [1.807, 2.05) is 0 Å². The van der Waals surface area contributed by atoms with E-state index in [4.69, 9.17) is 4.42 Å². The molecule has 2 bridgehead atoms. The minimum atomic E-state index is 0.583. The largest absolute Gasteiger partial charge is 0.423 e. The first-order valence-electron chi connectivity index (χ1n) is 7.43. The summed E-state index contributed by atoms with van der Waals surface area (Å²) in [5.41, 5.74) is 3.47. The molecule has 0 amide bonds. The number of hydrogen-bond donors (Lipinski definition) is 1. The predicted octanol–water partition coefficient (Wildman–Crippen LogP) is 3.65. The van der Waals surface area contributed by atoms with Crippen LogP contribution in [-0.2, 0) is 0 Å². The average Bonchev–Trinajstić information content (AvgIpc) is 3.17. The van der Waals surface area contributed by atoms with E-state index in [9.17, 15) is 0 Å². The lowest BCUT2D eigenvalue weighted by Crippen LogP contribution is -2.26. The van der Waals surface area contributed by atoms with Crippen molar-refractivity contribution in [3.05, 3.63) is 30.2 Å². The minimum absolute atomic E-state index is 0.583. The Balaban J connectivity index is 1.54. The fourth-order valence-electron chi connectivity index (χ4n) is 3.88. The summed E-state index contributed by atoms with van der Waals surface area (Å²) >= 11 is 0. The average molecular weight is 269 g/mol. The van der Waals surface area contributed by atoms with Crippen molar-refractivity contribution in [3.63, 3.8) is 0 Å². The lowest BCUT2D eigenvalue weighted by atomic mass is 9.95. The van der Waals surface area contributed by atoms with Crippen LogP contribution in [0, 0.1) is 18.8 Å². The number of nitrogens with one attached hydrogen (secondary N) is 1. The van der Waals surface area contributed by atoms with Crippen molar-refractivity contribution in [1.29, 1.82) is 0 Å². The fourth-order valence-corrected chi connectivity index (χ4v) is 3.88. The van der Waals surface area contributed by atoms with E-state index in [0.29, 0.717) is 11.9 Å². The number of aromatic nitrogens is 2. The molecule has 2 aliphatic rings. The van der Waals surface area contributed by atoms with Crippen LogP contribution in [0.3, 0.4) is 0 Å². The van der Waals surface area contributed by atoms with Crippen LogP contribution < -0.4 is 5.32 Å². The number of benzene rings is 1. The Bertz CT molecular complexity index is 608. The van der Waals surface area contributed by atoms with Crippen molar-refractivity contribution >= 4 is 5.69 Å². The second kappa shape index (κ2) is 4.62. The van der Waals surface area contributed by atoms with Gasteiger partial charge in [-0.1, -0.05) is 6.42 Å². The van der Waals surface area contributed by atoms with Gasteiger partial charge in [-0.05, 0) is 61.8 Å². The van der Waals surface area contributed by atoms with Gasteiger partial charge in [0.2, 0.25) is 12.3 Å². The molecular formula is C16H19N3O. The number of fused-ring (bicyclic) bond motifs is 2. The lowest BCUT2D eigenvalue weighted by Gasteiger charge is -2.25. The monoisotopic (exact) mass is 269 g/mol. The van der Waals surface area contributed by atoms with Gasteiger partial charge in [0.1, 0.15) is 0 Å². The second-order valence-corrected chi connectivity index (χ2v) is 6.20. The lowest BCUT2D eigenvalue weighted by molar-refractivity contribution is 0.439. The minimum Gasteiger partial charge on any atom is -0.423 e. The number of aryl methyl sites for hydroxylation is 1. The summed E-state index contributed by atoms with van der Waals surface area (Å²) in [5.74, 6) is 2.44. The summed E-state index contributed by atoms with van der Waals surface area (Å²) in [4.78, 5) is 0. The maximum absolute atomic E-state index is 5.25. The van der Waals surface area contributed by atoms with Crippen molar-refractivity contribution in [2.24, 2.45) is 11.8 Å². The third-order valence-electron chi connectivity index (χ3n) is 4.91. The SMILES string of the molecule is Cc1cc(-c2nnco2)ccc1NC1CC2CCC1C2. The Hall–Kier alpha value is -1.84. The zero-order chi connectivity index (χ0) is 13.5. The smallest absolute Gasteiger partial charge is 0.247 e. The second-order valence-electron chi connectivity index (χ2n) is 6.20. The van der Waals surface area contributed by atoms with Crippen LogP contribution >= 0.6 is 0 Å². The van der Waals surface area contributed by atoms with Gasteiger partial charge >= 0.3 is 0 Å². The van der Waals surface area contributed by atoms with E-state index in [2.05, 4.69) is 40.6 Å². The van der Waals surface area contributed by atoms with Crippen LogP contribution in [0.5, 0.6) is 0 Å². The van der Waals surface area contributed by atoms with Gasteiger partial charge in [-0.2, -0.15) is 0 Å². The van der Waals surface area contributed by atoms with Gasteiger partial charge in [-0.25, -0.2) is 0 Å². The van der Waals surface area contributed by atoms with Crippen molar-refractivity contribution < 1.29 is 4.42 Å². The summed E-state index contributed by atoms with van der Waals surface area (Å²) in [5, 5.41) is 11.4. The molecule has 104 valence electrons. The van der Waals surface area contributed by atoms with Crippen LogP contribution in [0.4, 0.5) is 5.69 Å². The van der Waals surface area contributed by atoms with Gasteiger partial charge in [0, 0.05) is 17.3 Å². The molecule has 1 heterocycles. The third kappa shape index (κ3) is 1.99. The van der Waals surface area contributed by atoms with Crippen molar-refractivity contribution in [2.75, 3.05) is 5.32 Å². The molecule has 3 unspecified atom stereocenters. The standard InChI is InChI=1S/C16H19N3O/c1-10-6-13(16-19-17-9-20-16)4-5-14(10)18-15-8-11-2-3-12(15)7-11/h4-6,9,11-12,15,18H,2-3,7-8H2,1H3. The Morgan fingerprint density at radius 2 is 2.20 bits per heavy atom. The first kappa shape index (κ1) is 11.9. The Labute approximate surface area is 118 Å². The first-order chi connectivity index (χ1) is 9.79. The molecule has 1 N–H and O–H groups in total. The predicted molar refractivity (Wildman–Crippen MR) is 77.3 cm³/mol. The number of nitrogens with zero attached hydrogens (tertiary/aromatic N) is 2. The maximum atomic E-state index is 5.25. The summed E-state index contributed by atoms with van der Waals surface area (Å²) < 4.78 is 5.25. The zero-order valence-corrected chi connectivity index (χ0v) is 11.7. The van der Waals surface area contributed by atoms with Gasteiger partial charge in [0.15, 0.2) is 0 Å². The van der Waals surface area contributed by atoms with Crippen LogP contribution in [-0.4, -0.2) is 16.2 Å². The molecule has 0 radical (unpaired) electrons. The highest BCUT2D eigenvalue weighted by Crippen LogP contribution is 2.45. The molecule has 0 saturated heterocycles. The van der Waals surface area contributed by atoms with Crippen LogP contribution in [0.25, 0.3) is 11.5 Å². The third-order valence-corrected chi connectivity index (χ3v) is 4.91. The number of hydrogen-bond acceptors (Lipinski definition) is 4. The van der Waals surface area contributed by atoms with E-state index < -0.39 is 0 Å². The van der Waals surface area contributed by atoms with E-state index in [0.717, 1.165) is 17.4 Å². The van der Waals surface area contributed by atoms with Gasteiger partial charge < -0.3 is 9.73 Å². The normalized spacial score (nSPS) is 27.9. The number of rotatable bonds is 3. The summed E-state index contributed by atoms with van der Waals surface area (Å²) in [6, 6.07) is 6.97. The molecule has 3 atom stereocenters. The van der Waals surface area contributed by atoms with Crippen molar-refractivity contribution in [3.8, 4) is 11.5 Å². The summed E-state index contributed by atoms with van der Waals surface area (Å²) in [6.45, 7) is 2.13.